The van der Waals surface area contributed by atoms with Gasteiger partial charge in [-0.25, -0.2) is 0 Å². The van der Waals surface area contributed by atoms with E-state index in [2.05, 4.69) is 27.8 Å². The van der Waals surface area contributed by atoms with E-state index in [1.165, 1.54) is 5.56 Å². The minimum Gasteiger partial charge on any atom is -0.488 e. The largest absolute Gasteiger partial charge is 0.488 e. The van der Waals surface area contributed by atoms with E-state index in [-0.39, 0.29) is 6.10 Å². The maximum atomic E-state index is 5.89. The van der Waals surface area contributed by atoms with E-state index < -0.39 is 0 Å². The number of fused-ring (bicyclic) bond motifs is 1. The molecule has 2 N–H and O–H groups in total. The number of rotatable bonds is 7. The first-order valence-electron chi connectivity index (χ1n) is 7.60. The summed E-state index contributed by atoms with van der Waals surface area (Å²) in [6, 6.07) is 8.20. The van der Waals surface area contributed by atoms with Crippen molar-refractivity contribution in [3.63, 3.8) is 0 Å². The van der Waals surface area contributed by atoms with Gasteiger partial charge in [-0.15, -0.1) is 0 Å². The number of benzene rings is 1. The van der Waals surface area contributed by atoms with Crippen LogP contribution in [0.15, 0.2) is 29.3 Å². The van der Waals surface area contributed by atoms with Crippen LogP contribution in [-0.4, -0.2) is 45.4 Å². The highest BCUT2D eigenvalue weighted by Gasteiger charge is 2.22. The number of hydrogen-bond acceptors (Lipinski definition) is 3. The lowest BCUT2D eigenvalue weighted by Gasteiger charge is -2.15. The molecule has 0 saturated carbocycles. The van der Waals surface area contributed by atoms with E-state index in [0.29, 0.717) is 0 Å². The van der Waals surface area contributed by atoms with Gasteiger partial charge in [0.25, 0.3) is 0 Å². The van der Waals surface area contributed by atoms with E-state index in [1.807, 2.05) is 19.1 Å². The molecule has 0 aromatic heterocycles. The Morgan fingerprint density at radius 2 is 2.24 bits per heavy atom. The molecule has 0 saturated heterocycles. The summed E-state index contributed by atoms with van der Waals surface area (Å²) in [6.45, 7) is 5.16. The van der Waals surface area contributed by atoms with Crippen molar-refractivity contribution in [1.82, 2.24) is 10.6 Å². The van der Waals surface area contributed by atoms with Crippen LogP contribution in [0, 0.1) is 0 Å². The molecule has 1 aliphatic heterocycles. The molecule has 0 fully saturated rings. The Morgan fingerprint density at radius 1 is 1.38 bits per heavy atom. The second-order valence-electron chi connectivity index (χ2n) is 4.98. The van der Waals surface area contributed by atoms with Gasteiger partial charge in [-0.1, -0.05) is 18.2 Å². The number of guanidine groups is 1. The summed E-state index contributed by atoms with van der Waals surface area (Å²) in [5.74, 6) is 1.81. The lowest BCUT2D eigenvalue weighted by atomic mass is 10.1. The molecular weight excluding hydrogens is 266 g/mol. The van der Waals surface area contributed by atoms with Crippen molar-refractivity contribution in [3.05, 3.63) is 29.8 Å². The maximum Gasteiger partial charge on any atom is 0.191 e. The second kappa shape index (κ2) is 8.52. The average molecular weight is 291 g/mol. The van der Waals surface area contributed by atoms with Crippen LogP contribution in [0.4, 0.5) is 0 Å². The molecule has 0 radical (unpaired) electrons. The number of ether oxygens (including phenoxy) is 2. The van der Waals surface area contributed by atoms with Crippen molar-refractivity contribution in [2.24, 2.45) is 4.99 Å². The summed E-state index contributed by atoms with van der Waals surface area (Å²) < 4.78 is 11.2. The van der Waals surface area contributed by atoms with Crippen molar-refractivity contribution < 1.29 is 9.47 Å². The van der Waals surface area contributed by atoms with E-state index >= 15 is 0 Å². The number of nitrogens with zero attached hydrogens (tertiary/aromatic N) is 1. The normalized spacial score (nSPS) is 17.2. The Morgan fingerprint density at radius 3 is 3.00 bits per heavy atom. The van der Waals surface area contributed by atoms with E-state index in [1.54, 1.807) is 7.05 Å². The Hall–Kier alpha value is -1.75. The van der Waals surface area contributed by atoms with Gasteiger partial charge in [-0.05, 0) is 25.0 Å². The highest BCUT2D eigenvalue weighted by Crippen LogP contribution is 2.27. The first kappa shape index (κ1) is 15.6. The fraction of sp³-hybridized carbons (Fsp3) is 0.562. The molecule has 1 unspecified atom stereocenters. The summed E-state index contributed by atoms with van der Waals surface area (Å²) in [4.78, 5) is 4.21. The fourth-order valence-electron chi connectivity index (χ4n) is 2.32. The third-order valence-electron chi connectivity index (χ3n) is 3.40. The SMILES string of the molecule is CCOCCCNC(=NC)NCC1Cc2ccccc2O1. The molecule has 5 nitrogen and oxygen atoms in total. The fourth-order valence-corrected chi connectivity index (χ4v) is 2.32. The molecule has 1 aliphatic rings. The predicted octanol–water partition coefficient (Wildman–Crippen LogP) is 1.58. The predicted molar refractivity (Wildman–Crippen MR) is 85.0 cm³/mol. The monoisotopic (exact) mass is 291 g/mol. The lowest BCUT2D eigenvalue weighted by molar-refractivity contribution is 0.145. The summed E-state index contributed by atoms with van der Waals surface area (Å²) >= 11 is 0. The smallest absolute Gasteiger partial charge is 0.191 e. The summed E-state index contributed by atoms with van der Waals surface area (Å²) in [7, 11) is 1.78. The highest BCUT2D eigenvalue weighted by molar-refractivity contribution is 5.79. The second-order valence-corrected chi connectivity index (χ2v) is 4.98. The summed E-state index contributed by atoms with van der Waals surface area (Å²) in [6.07, 6.45) is 2.09. The minimum atomic E-state index is 0.171. The van der Waals surface area contributed by atoms with Crippen LogP contribution in [0.1, 0.15) is 18.9 Å². The zero-order chi connectivity index (χ0) is 14.9. The average Bonchev–Trinajstić information content (AvgIpc) is 2.93. The highest BCUT2D eigenvalue weighted by atomic mass is 16.5. The van der Waals surface area contributed by atoms with Gasteiger partial charge >= 0.3 is 0 Å². The van der Waals surface area contributed by atoms with Crippen molar-refractivity contribution >= 4 is 5.96 Å². The van der Waals surface area contributed by atoms with Crippen molar-refractivity contribution in [2.75, 3.05) is 33.4 Å². The zero-order valence-electron chi connectivity index (χ0n) is 12.9. The number of para-hydroxylation sites is 1. The topological polar surface area (TPSA) is 54.9 Å². The zero-order valence-corrected chi connectivity index (χ0v) is 12.9. The van der Waals surface area contributed by atoms with E-state index in [9.17, 15) is 0 Å². The van der Waals surface area contributed by atoms with Gasteiger partial charge in [-0.2, -0.15) is 0 Å². The van der Waals surface area contributed by atoms with Gasteiger partial charge in [0.2, 0.25) is 0 Å². The lowest BCUT2D eigenvalue weighted by Crippen LogP contribution is -2.42. The van der Waals surface area contributed by atoms with Gasteiger partial charge < -0.3 is 20.1 Å². The molecule has 5 heteroatoms. The number of nitrogens with one attached hydrogen (secondary N) is 2. The van der Waals surface area contributed by atoms with Gasteiger partial charge in [0.15, 0.2) is 5.96 Å². The Bertz CT molecular complexity index is 438. The molecule has 116 valence electrons. The van der Waals surface area contributed by atoms with Crippen LogP contribution < -0.4 is 15.4 Å². The van der Waals surface area contributed by atoms with Gasteiger partial charge in [-0.3, -0.25) is 4.99 Å². The molecule has 0 amide bonds. The van der Waals surface area contributed by atoms with Crippen molar-refractivity contribution in [2.45, 2.75) is 25.9 Å². The minimum absolute atomic E-state index is 0.171. The molecule has 0 aliphatic carbocycles. The van der Waals surface area contributed by atoms with Gasteiger partial charge in [0, 0.05) is 33.2 Å². The van der Waals surface area contributed by atoms with Crippen LogP contribution in [0.3, 0.4) is 0 Å². The summed E-state index contributed by atoms with van der Waals surface area (Å²) in [5, 5.41) is 6.59. The molecule has 2 rings (SSSR count). The molecule has 1 aromatic carbocycles. The van der Waals surface area contributed by atoms with Crippen LogP contribution in [0.2, 0.25) is 0 Å². The Labute approximate surface area is 126 Å². The van der Waals surface area contributed by atoms with Crippen LogP contribution in [0.5, 0.6) is 5.75 Å². The molecular formula is C16H25N3O2. The molecule has 0 spiro atoms. The molecule has 0 bridgehead atoms. The van der Waals surface area contributed by atoms with Gasteiger partial charge in [0.1, 0.15) is 11.9 Å². The molecule has 21 heavy (non-hydrogen) atoms. The first-order valence-corrected chi connectivity index (χ1v) is 7.60. The van der Waals surface area contributed by atoms with E-state index in [4.69, 9.17) is 9.47 Å². The molecule has 1 aromatic rings. The summed E-state index contributed by atoms with van der Waals surface area (Å²) in [5.41, 5.74) is 1.28. The van der Waals surface area contributed by atoms with Crippen LogP contribution in [-0.2, 0) is 11.2 Å². The maximum absolute atomic E-state index is 5.89. The Balaban J connectivity index is 1.65. The van der Waals surface area contributed by atoms with Crippen molar-refractivity contribution in [3.8, 4) is 5.75 Å². The van der Waals surface area contributed by atoms with E-state index in [0.717, 1.165) is 50.9 Å². The third-order valence-corrected chi connectivity index (χ3v) is 3.40. The third kappa shape index (κ3) is 4.93. The molecule has 1 heterocycles. The van der Waals surface area contributed by atoms with Gasteiger partial charge in [0.05, 0.1) is 6.54 Å². The van der Waals surface area contributed by atoms with Crippen LogP contribution >= 0.6 is 0 Å². The number of aliphatic imine (C=N–C) groups is 1. The first-order chi connectivity index (χ1) is 10.3. The van der Waals surface area contributed by atoms with Crippen LogP contribution in [0.25, 0.3) is 0 Å². The number of hydrogen-bond donors (Lipinski definition) is 2. The standard InChI is InChI=1S/C16H25N3O2/c1-3-20-10-6-9-18-16(17-2)19-12-14-11-13-7-4-5-8-15(13)21-14/h4-5,7-8,14H,3,6,9-12H2,1-2H3,(H2,17,18,19). The van der Waals surface area contributed by atoms with Crippen molar-refractivity contribution in [1.29, 1.82) is 0 Å². The molecule has 1 atom stereocenters. The Kier molecular flexibility index (Phi) is 6.34. The quantitative estimate of drug-likeness (QED) is 0.455.